The summed E-state index contributed by atoms with van der Waals surface area (Å²) in [4.78, 5) is 11.1. The number of nitrogens with zero attached hydrogens (tertiary/aromatic N) is 4. The maximum Gasteiger partial charge on any atom is 0.272 e. The molecule has 8 heteroatoms. The van der Waals surface area contributed by atoms with E-state index in [2.05, 4.69) is 14.7 Å². The van der Waals surface area contributed by atoms with Crippen LogP contribution >= 0.6 is 23.1 Å². The van der Waals surface area contributed by atoms with Gasteiger partial charge >= 0.3 is 0 Å². The Balaban J connectivity index is 2.16. The topological polar surface area (TPSA) is 84.5 Å². The third-order valence-electron chi connectivity index (χ3n) is 2.25. The SMILES string of the molecule is CN(/N=C\c1ccc(Cl)cc1)c1snnc1C(N)=O. The molecule has 0 aliphatic rings. The number of carbonyl (C=O) groups is 1. The number of carbonyl (C=O) groups excluding carboxylic acids is 1. The van der Waals surface area contributed by atoms with Crippen molar-refractivity contribution < 1.29 is 4.79 Å². The van der Waals surface area contributed by atoms with Crippen molar-refractivity contribution in [3.63, 3.8) is 0 Å². The van der Waals surface area contributed by atoms with Gasteiger partial charge in [0, 0.05) is 23.6 Å². The van der Waals surface area contributed by atoms with Gasteiger partial charge in [0.15, 0.2) is 10.7 Å². The van der Waals surface area contributed by atoms with E-state index in [1.54, 1.807) is 25.4 Å². The molecule has 0 atom stereocenters. The van der Waals surface area contributed by atoms with Gasteiger partial charge in [0.1, 0.15) is 0 Å². The average Bonchev–Trinajstić information content (AvgIpc) is 2.87. The van der Waals surface area contributed by atoms with Crippen molar-refractivity contribution >= 4 is 40.3 Å². The Kier molecular flexibility index (Phi) is 4.08. The Hall–Kier alpha value is -1.99. The van der Waals surface area contributed by atoms with Crippen molar-refractivity contribution in [1.82, 2.24) is 9.59 Å². The summed E-state index contributed by atoms with van der Waals surface area (Å²) >= 11 is 6.84. The van der Waals surface area contributed by atoms with Crippen LogP contribution < -0.4 is 10.7 Å². The quantitative estimate of drug-likeness (QED) is 0.688. The molecule has 0 aliphatic carbocycles. The van der Waals surface area contributed by atoms with E-state index in [4.69, 9.17) is 17.3 Å². The number of benzene rings is 1. The number of hydrogen-bond acceptors (Lipinski definition) is 6. The lowest BCUT2D eigenvalue weighted by Crippen LogP contribution is -2.17. The molecule has 0 bridgehead atoms. The molecule has 1 amide bonds. The Morgan fingerprint density at radius 1 is 1.47 bits per heavy atom. The molecule has 0 radical (unpaired) electrons. The number of rotatable bonds is 4. The molecule has 98 valence electrons. The largest absolute Gasteiger partial charge is 0.364 e. The highest BCUT2D eigenvalue weighted by Gasteiger charge is 2.16. The van der Waals surface area contributed by atoms with Crippen LogP contribution in [0.2, 0.25) is 5.02 Å². The van der Waals surface area contributed by atoms with E-state index in [0.29, 0.717) is 10.0 Å². The minimum atomic E-state index is -0.628. The van der Waals surface area contributed by atoms with Gasteiger partial charge in [-0.15, -0.1) is 5.10 Å². The van der Waals surface area contributed by atoms with Crippen LogP contribution in [0.15, 0.2) is 29.4 Å². The predicted octanol–water partition coefficient (Wildman–Crippen LogP) is 1.76. The molecule has 0 spiro atoms. The smallest absolute Gasteiger partial charge is 0.272 e. The third-order valence-corrected chi connectivity index (χ3v) is 3.29. The van der Waals surface area contributed by atoms with Crippen LogP contribution in [0.5, 0.6) is 0 Å². The van der Waals surface area contributed by atoms with Crippen LogP contribution in [0.4, 0.5) is 5.00 Å². The van der Waals surface area contributed by atoms with Crippen LogP contribution in [0.3, 0.4) is 0 Å². The number of hydrogen-bond donors (Lipinski definition) is 1. The van der Waals surface area contributed by atoms with Crippen LogP contribution in [0.1, 0.15) is 16.1 Å². The number of aromatic nitrogens is 2. The molecule has 2 aromatic rings. The van der Waals surface area contributed by atoms with Gasteiger partial charge in [0.25, 0.3) is 5.91 Å². The lowest BCUT2D eigenvalue weighted by atomic mass is 10.2. The highest BCUT2D eigenvalue weighted by Crippen LogP contribution is 2.21. The van der Waals surface area contributed by atoms with E-state index in [9.17, 15) is 4.79 Å². The van der Waals surface area contributed by atoms with Crippen molar-refractivity contribution in [3.05, 3.63) is 40.5 Å². The summed E-state index contributed by atoms with van der Waals surface area (Å²) in [5, 5.41) is 10.5. The molecule has 2 N–H and O–H groups in total. The zero-order valence-electron chi connectivity index (χ0n) is 9.95. The van der Waals surface area contributed by atoms with E-state index < -0.39 is 5.91 Å². The Morgan fingerprint density at radius 3 is 2.79 bits per heavy atom. The summed E-state index contributed by atoms with van der Waals surface area (Å²) in [7, 11) is 1.69. The van der Waals surface area contributed by atoms with Crippen LogP contribution in [-0.4, -0.2) is 28.8 Å². The van der Waals surface area contributed by atoms with Gasteiger partial charge in [-0.25, -0.2) is 0 Å². The molecular formula is C11H10ClN5OS. The second-order valence-electron chi connectivity index (χ2n) is 3.61. The predicted molar refractivity (Wildman–Crippen MR) is 75.9 cm³/mol. The fraction of sp³-hybridized carbons (Fsp3) is 0.0909. The number of anilines is 1. The molecule has 0 unspecified atom stereocenters. The molecule has 1 heterocycles. The van der Waals surface area contributed by atoms with Crippen molar-refractivity contribution in [2.75, 3.05) is 12.1 Å². The Morgan fingerprint density at radius 2 is 2.16 bits per heavy atom. The van der Waals surface area contributed by atoms with Crippen LogP contribution in [-0.2, 0) is 0 Å². The minimum Gasteiger partial charge on any atom is -0.364 e. The van der Waals surface area contributed by atoms with E-state index in [1.165, 1.54) is 5.01 Å². The molecule has 1 aromatic carbocycles. The van der Waals surface area contributed by atoms with Gasteiger partial charge in [-0.1, -0.05) is 28.2 Å². The van der Waals surface area contributed by atoms with Gasteiger partial charge in [-0.2, -0.15) is 5.10 Å². The molecular weight excluding hydrogens is 286 g/mol. The first kappa shape index (κ1) is 13.4. The summed E-state index contributed by atoms with van der Waals surface area (Å²) in [6, 6.07) is 7.21. The third kappa shape index (κ3) is 3.27. The highest BCUT2D eigenvalue weighted by atomic mass is 35.5. The standard InChI is InChI=1S/C11H10ClN5OS/c1-17(11-9(10(13)18)15-16-19-11)14-6-7-2-4-8(12)5-3-7/h2-6H,1H3,(H2,13,18)/b14-6-. The van der Waals surface area contributed by atoms with Gasteiger partial charge in [0.2, 0.25) is 0 Å². The summed E-state index contributed by atoms with van der Waals surface area (Å²) < 4.78 is 3.69. The van der Waals surface area contributed by atoms with Crippen molar-refractivity contribution in [1.29, 1.82) is 0 Å². The zero-order valence-corrected chi connectivity index (χ0v) is 11.5. The summed E-state index contributed by atoms with van der Waals surface area (Å²) in [5.74, 6) is -0.628. The molecule has 0 fully saturated rings. The van der Waals surface area contributed by atoms with Gasteiger partial charge in [-0.3, -0.25) is 9.80 Å². The lowest BCUT2D eigenvalue weighted by molar-refractivity contribution is 0.0996. The van der Waals surface area contributed by atoms with Gasteiger partial charge in [0.05, 0.1) is 6.21 Å². The molecule has 6 nitrogen and oxygen atoms in total. The molecule has 0 saturated carbocycles. The first-order chi connectivity index (χ1) is 9.08. The number of hydrazone groups is 1. The average molecular weight is 296 g/mol. The number of primary amides is 1. The van der Waals surface area contributed by atoms with E-state index in [0.717, 1.165) is 17.1 Å². The second-order valence-corrected chi connectivity index (χ2v) is 4.78. The van der Waals surface area contributed by atoms with E-state index in [1.807, 2.05) is 12.1 Å². The molecule has 2 rings (SSSR count). The zero-order chi connectivity index (χ0) is 13.8. The molecule has 19 heavy (non-hydrogen) atoms. The monoisotopic (exact) mass is 295 g/mol. The van der Waals surface area contributed by atoms with Crippen LogP contribution in [0.25, 0.3) is 0 Å². The van der Waals surface area contributed by atoms with Crippen molar-refractivity contribution in [2.45, 2.75) is 0 Å². The molecule has 0 aliphatic heterocycles. The van der Waals surface area contributed by atoms with E-state index >= 15 is 0 Å². The van der Waals surface area contributed by atoms with Crippen LogP contribution in [0, 0.1) is 0 Å². The number of halogens is 1. The number of amides is 1. The summed E-state index contributed by atoms with van der Waals surface area (Å²) in [6.07, 6.45) is 1.64. The highest BCUT2D eigenvalue weighted by molar-refractivity contribution is 7.10. The number of nitrogens with two attached hydrogens (primary N) is 1. The molecule has 0 saturated heterocycles. The van der Waals surface area contributed by atoms with Gasteiger partial charge in [-0.05, 0) is 17.7 Å². The van der Waals surface area contributed by atoms with Gasteiger partial charge < -0.3 is 5.73 Å². The maximum absolute atomic E-state index is 11.1. The fourth-order valence-electron chi connectivity index (χ4n) is 1.31. The summed E-state index contributed by atoms with van der Waals surface area (Å²) in [6.45, 7) is 0. The second kappa shape index (κ2) is 5.77. The minimum absolute atomic E-state index is 0.112. The Bertz CT molecular complexity index is 610. The molecule has 1 aromatic heterocycles. The first-order valence-electron chi connectivity index (χ1n) is 5.23. The van der Waals surface area contributed by atoms with E-state index in [-0.39, 0.29) is 5.69 Å². The summed E-state index contributed by atoms with van der Waals surface area (Å²) in [5.41, 5.74) is 6.19. The first-order valence-corrected chi connectivity index (χ1v) is 6.38. The fourth-order valence-corrected chi connectivity index (χ4v) is 2.03. The normalized spacial score (nSPS) is 10.8. The lowest BCUT2D eigenvalue weighted by Gasteiger charge is -2.09. The maximum atomic E-state index is 11.1. The van der Waals surface area contributed by atoms with Crippen molar-refractivity contribution in [2.24, 2.45) is 10.8 Å². The Labute approximate surface area is 118 Å². The van der Waals surface area contributed by atoms with Crippen molar-refractivity contribution in [3.8, 4) is 0 Å².